The maximum Gasteiger partial charge on any atom is 0.221 e. The molecule has 1 aromatic carbocycles. The molecule has 0 spiro atoms. The van der Waals surface area contributed by atoms with Gasteiger partial charge in [-0.3, -0.25) is 0 Å². The first-order valence-electron chi connectivity index (χ1n) is 4.69. The summed E-state index contributed by atoms with van der Waals surface area (Å²) in [5.41, 5.74) is 6.43. The number of halogens is 1. The van der Waals surface area contributed by atoms with Crippen LogP contribution >= 0.6 is 23.4 Å². The Morgan fingerprint density at radius 3 is 2.69 bits per heavy atom. The third-order valence-corrected chi connectivity index (χ3v) is 3.34. The number of aromatic nitrogens is 2. The van der Waals surface area contributed by atoms with Gasteiger partial charge < -0.3 is 5.73 Å². The second-order valence-corrected chi connectivity index (χ2v) is 4.71. The van der Waals surface area contributed by atoms with Gasteiger partial charge in [-0.15, -0.1) is 0 Å². The quantitative estimate of drug-likeness (QED) is 0.833. The highest BCUT2D eigenvalue weighted by molar-refractivity contribution is 7.99. The molecule has 0 aliphatic heterocycles. The smallest absolute Gasteiger partial charge is 0.221 e. The van der Waals surface area contributed by atoms with E-state index >= 15 is 0 Å². The summed E-state index contributed by atoms with van der Waals surface area (Å²) in [4.78, 5) is 9.12. The molecule has 2 rings (SSSR count). The van der Waals surface area contributed by atoms with Gasteiger partial charge in [0.1, 0.15) is 5.03 Å². The Balaban J connectivity index is 2.30. The predicted molar refractivity (Wildman–Crippen MR) is 66.8 cm³/mol. The summed E-state index contributed by atoms with van der Waals surface area (Å²) in [5, 5.41) is 1.51. The topological polar surface area (TPSA) is 51.8 Å². The molecular weight excluding hydrogens is 242 g/mol. The van der Waals surface area contributed by atoms with Gasteiger partial charge in [0.25, 0.3) is 0 Å². The molecule has 0 aliphatic rings. The minimum atomic E-state index is 0.287. The van der Waals surface area contributed by atoms with Gasteiger partial charge in [0.05, 0.1) is 5.02 Å². The van der Waals surface area contributed by atoms with Crippen LogP contribution in [0.4, 0.5) is 5.95 Å². The van der Waals surface area contributed by atoms with Crippen molar-refractivity contribution in [3.05, 3.63) is 41.0 Å². The van der Waals surface area contributed by atoms with E-state index in [-0.39, 0.29) is 5.95 Å². The Bertz CT molecular complexity index is 496. The number of hydrogen-bond acceptors (Lipinski definition) is 4. The number of anilines is 1. The first-order valence-corrected chi connectivity index (χ1v) is 5.88. The van der Waals surface area contributed by atoms with Crippen LogP contribution in [0, 0.1) is 6.92 Å². The third-order valence-electron chi connectivity index (χ3n) is 1.90. The molecule has 82 valence electrons. The van der Waals surface area contributed by atoms with E-state index in [1.165, 1.54) is 11.8 Å². The average Bonchev–Trinajstić information content (AvgIpc) is 2.20. The Labute approximate surface area is 103 Å². The van der Waals surface area contributed by atoms with Crippen LogP contribution in [-0.4, -0.2) is 9.97 Å². The van der Waals surface area contributed by atoms with Crippen LogP contribution in [-0.2, 0) is 0 Å². The molecule has 3 nitrogen and oxygen atoms in total. The molecule has 1 aromatic heterocycles. The van der Waals surface area contributed by atoms with E-state index < -0.39 is 0 Å². The molecule has 16 heavy (non-hydrogen) atoms. The molecule has 2 aromatic rings. The Morgan fingerprint density at radius 2 is 2.00 bits per heavy atom. The molecule has 0 saturated heterocycles. The van der Waals surface area contributed by atoms with E-state index in [1.54, 1.807) is 0 Å². The fourth-order valence-electron chi connectivity index (χ4n) is 1.25. The largest absolute Gasteiger partial charge is 0.368 e. The molecule has 0 unspecified atom stereocenters. The van der Waals surface area contributed by atoms with E-state index in [0.29, 0.717) is 5.02 Å². The van der Waals surface area contributed by atoms with E-state index in [2.05, 4.69) is 9.97 Å². The summed E-state index contributed by atoms with van der Waals surface area (Å²) in [6.45, 7) is 1.88. The zero-order chi connectivity index (χ0) is 11.5. The predicted octanol–water partition coefficient (Wildman–Crippen LogP) is 3.17. The van der Waals surface area contributed by atoms with Crippen LogP contribution in [0.3, 0.4) is 0 Å². The fourth-order valence-corrected chi connectivity index (χ4v) is 2.41. The first-order chi connectivity index (χ1) is 7.65. The lowest BCUT2D eigenvalue weighted by Crippen LogP contribution is -1.97. The molecule has 0 atom stereocenters. The monoisotopic (exact) mass is 251 g/mol. The summed E-state index contributed by atoms with van der Waals surface area (Å²) in [7, 11) is 0. The summed E-state index contributed by atoms with van der Waals surface area (Å²) in [5.74, 6) is 0.287. The van der Waals surface area contributed by atoms with Crippen LogP contribution in [0.15, 0.2) is 40.3 Å². The van der Waals surface area contributed by atoms with Crippen LogP contribution in [0.25, 0.3) is 0 Å². The highest BCUT2D eigenvalue weighted by atomic mass is 35.5. The van der Waals surface area contributed by atoms with Crippen molar-refractivity contribution in [1.29, 1.82) is 0 Å². The van der Waals surface area contributed by atoms with E-state index in [4.69, 9.17) is 17.3 Å². The lowest BCUT2D eigenvalue weighted by Gasteiger charge is -2.04. The molecule has 2 N–H and O–H groups in total. The van der Waals surface area contributed by atoms with Crippen LogP contribution in [0.1, 0.15) is 5.69 Å². The number of nitrogens with zero attached hydrogens (tertiary/aromatic N) is 2. The van der Waals surface area contributed by atoms with Crippen molar-refractivity contribution in [2.45, 2.75) is 16.8 Å². The highest BCUT2D eigenvalue weighted by Gasteiger charge is 2.04. The number of nitrogens with two attached hydrogens (primary N) is 1. The van der Waals surface area contributed by atoms with Crippen LogP contribution < -0.4 is 5.73 Å². The Morgan fingerprint density at radius 1 is 1.25 bits per heavy atom. The minimum Gasteiger partial charge on any atom is -0.368 e. The van der Waals surface area contributed by atoms with E-state index in [0.717, 1.165) is 15.6 Å². The zero-order valence-corrected chi connectivity index (χ0v) is 10.2. The molecule has 0 saturated carbocycles. The second-order valence-electron chi connectivity index (χ2n) is 3.24. The van der Waals surface area contributed by atoms with Crippen LogP contribution in [0.5, 0.6) is 0 Å². The summed E-state index contributed by atoms with van der Waals surface area (Å²) >= 11 is 7.54. The Kier molecular flexibility index (Phi) is 3.31. The second kappa shape index (κ2) is 4.72. The van der Waals surface area contributed by atoms with Gasteiger partial charge in [0.2, 0.25) is 5.95 Å². The number of nitrogen functional groups attached to an aromatic ring is 1. The number of rotatable bonds is 2. The van der Waals surface area contributed by atoms with Crippen molar-refractivity contribution in [2.24, 2.45) is 0 Å². The molecular formula is C11H10ClN3S. The van der Waals surface area contributed by atoms with Gasteiger partial charge in [-0.1, -0.05) is 35.5 Å². The number of benzene rings is 1. The standard InChI is InChI=1S/C11H10ClN3S/c1-7-6-10(15-11(13)14-7)16-9-5-3-2-4-8(9)12/h2-6H,1H3,(H2,13,14,15). The van der Waals surface area contributed by atoms with Crippen molar-refractivity contribution >= 4 is 29.3 Å². The summed E-state index contributed by atoms with van der Waals surface area (Å²) in [6, 6.07) is 9.50. The molecule has 0 bridgehead atoms. The Hall–Kier alpha value is -1.26. The van der Waals surface area contributed by atoms with Gasteiger partial charge in [0.15, 0.2) is 0 Å². The van der Waals surface area contributed by atoms with Gasteiger partial charge in [0, 0.05) is 10.6 Å². The normalized spacial score (nSPS) is 10.4. The zero-order valence-electron chi connectivity index (χ0n) is 8.64. The number of hydrogen-bond donors (Lipinski definition) is 1. The third kappa shape index (κ3) is 2.65. The van der Waals surface area contributed by atoms with Gasteiger partial charge in [-0.05, 0) is 25.1 Å². The van der Waals surface area contributed by atoms with Crippen LogP contribution in [0.2, 0.25) is 5.02 Å². The van der Waals surface area contributed by atoms with Crippen molar-refractivity contribution in [1.82, 2.24) is 9.97 Å². The molecule has 0 radical (unpaired) electrons. The molecule has 0 amide bonds. The number of aryl methyl sites for hydroxylation is 1. The maximum atomic E-state index is 6.06. The van der Waals surface area contributed by atoms with Gasteiger partial charge in [-0.25, -0.2) is 9.97 Å². The summed E-state index contributed by atoms with van der Waals surface area (Å²) in [6.07, 6.45) is 0. The maximum absolute atomic E-state index is 6.06. The molecule has 5 heteroatoms. The SMILES string of the molecule is Cc1cc(Sc2ccccc2Cl)nc(N)n1. The van der Waals surface area contributed by atoms with E-state index in [9.17, 15) is 0 Å². The van der Waals surface area contributed by atoms with Crippen molar-refractivity contribution < 1.29 is 0 Å². The molecule has 1 heterocycles. The van der Waals surface area contributed by atoms with Gasteiger partial charge in [-0.2, -0.15) is 0 Å². The lowest BCUT2D eigenvalue weighted by atomic mass is 10.4. The highest BCUT2D eigenvalue weighted by Crippen LogP contribution is 2.32. The van der Waals surface area contributed by atoms with Crippen molar-refractivity contribution in [2.75, 3.05) is 5.73 Å². The lowest BCUT2D eigenvalue weighted by molar-refractivity contribution is 1.02. The van der Waals surface area contributed by atoms with Gasteiger partial charge >= 0.3 is 0 Å². The van der Waals surface area contributed by atoms with E-state index in [1.807, 2.05) is 37.3 Å². The average molecular weight is 252 g/mol. The first kappa shape index (κ1) is 11.2. The fraction of sp³-hybridized carbons (Fsp3) is 0.0909. The molecule has 0 fully saturated rings. The summed E-state index contributed by atoms with van der Waals surface area (Å²) < 4.78 is 0. The minimum absolute atomic E-state index is 0.287. The van der Waals surface area contributed by atoms with Crippen molar-refractivity contribution in [3.63, 3.8) is 0 Å². The van der Waals surface area contributed by atoms with Crippen molar-refractivity contribution in [3.8, 4) is 0 Å². The molecule has 0 aliphatic carbocycles.